The summed E-state index contributed by atoms with van der Waals surface area (Å²) in [5.74, 6) is -2.21. The summed E-state index contributed by atoms with van der Waals surface area (Å²) in [6.45, 7) is 19.6. The normalized spacial score (nSPS) is 25.0. The van der Waals surface area contributed by atoms with Crippen LogP contribution in [0.4, 0.5) is 0 Å². The Morgan fingerprint density at radius 2 is 0.780 bits per heavy atom. The number of hydrogen-bond donors (Lipinski definition) is 7. The van der Waals surface area contributed by atoms with Crippen LogP contribution in [0.3, 0.4) is 0 Å². The van der Waals surface area contributed by atoms with E-state index in [1.165, 1.54) is 11.8 Å². The number of carboxylic acid groups (broad SMARTS) is 1. The van der Waals surface area contributed by atoms with E-state index >= 15 is 0 Å². The number of carboxylic acids is 1. The average molecular weight is 1200 g/mol. The lowest BCUT2D eigenvalue weighted by Crippen LogP contribution is -2.34. The van der Waals surface area contributed by atoms with Gasteiger partial charge in [-0.3, -0.25) is 47.9 Å². The van der Waals surface area contributed by atoms with Gasteiger partial charge in [-0.05, 0) is 26.2 Å². The molecule has 0 spiro atoms. The Morgan fingerprint density at radius 3 is 1.04 bits per heavy atom. The molecule has 10 atom stereocenters. The number of carbonyl (C=O) groups is 11. The van der Waals surface area contributed by atoms with Gasteiger partial charge in [0.15, 0.2) is 0 Å². The third-order valence-electron chi connectivity index (χ3n) is 14.7. The molecule has 6 aliphatic heterocycles. The van der Waals surface area contributed by atoms with Gasteiger partial charge in [-0.25, -0.2) is 0 Å². The van der Waals surface area contributed by atoms with E-state index in [-0.39, 0.29) is 154 Å². The third kappa shape index (κ3) is 27.3. The van der Waals surface area contributed by atoms with Crippen molar-refractivity contribution in [3.8, 4) is 0 Å². The Bertz CT molecular complexity index is 1880. The number of esters is 4. The molecule has 0 radical (unpaired) electrons. The van der Waals surface area contributed by atoms with Crippen LogP contribution in [0.5, 0.6) is 0 Å². The van der Waals surface area contributed by atoms with Crippen molar-refractivity contribution in [2.45, 2.75) is 169 Å². The Hall–Kier alpha value is -5.38. The zero-order valence-corrected chi connectivity index (χ0v) is 50.1. The molecule has 6 heterocycles. The van der Waals surface area contributed by atoms with Gasteiger partial charge in [-0.15, -0.1) is 12.4 Å². The molecule has 0 aliphatic carbocycles. The molecule has 5 amide bonds. The summed E-state index contributed by atoms with van der Waals surface area (Å²) >= 11 is 0. The minimum Gasteiger partial charge on any atom is -0.481 e. The minimum absolute atomic E-state index is 0. The summed E-state index contributed by atoms with van der Waals surface area (Å²) in [7, 11) is 0. The third-order valence-corrected chi connectivity index (χ3v) is 14.7. The maximum absolute atomic E-state index is 11.7. The molecule has 472 valence electrons. The summed E-state index contributed by atoms with van der Waals surface area (Å²) in [5, 5.41) is 54.3. The first-order valence-electron chi connectivity index (χ1n) is 28.5. The molecule has 82 heavy (non-hydrogen) atoms. The fourth-order valence-corrected chi connectivity index (χ4v) is 9.47. The van der Waals surface area contributed by atoms with Crippen molar-refractivity contribution in [1.29, 1.82) is 0 Å². The Labute approximate surface area is 488 Å². The number of hydrogen-bond acceptors (Lipinski definition) is 20. The van der Waals surface area contributed by atoms with E-state index < -0.39 is 36.1 Å². The van der Waals surface area contributed by atoms with E-state index in [9.17, 15) is 68.1 Å². The first kappa shape index (κ1) is 76.6. The van der Waals surface area contributed by atoms with Gasteiger partial charge in [0.1, 0.15) is 18.0 Å². The maximum Gasteiger partial charge on any atom is 0.314 e. The van der Waals surface area contributed by atoms with Gasteiger partial charge in [-0.1, -0.05) is 48.5 Å². The number of β-amino-alcohol motifs (C(OH)–C–C–N with tert-alkyl or cyclic N) is 3. The number of likely N-dealkylation sites (tertiary alicyclic amines) is 5. The quantitative estimate of drug-likeness (QED) is 0.0556. The lowest BCUT2D eigenvalue weighted by atomic mass is 10.0. The lowest BCUT2D eigenvalue weighted by Gasteiger charge is -2.17. The molecule has 0 aromatic heterocycles. The molecule has 8 N–H and O–H groups in total. The number of Topliss-reactive ketones (excluding diaryl/α,β-unsaturated/α-hetero) is 1. The Morgan fingerprint density at radius 1 is 0.476 bits per heavy atom. The number of ketones is 1. The second-order valence-electron chi connectivity index (χ2n) is 20.7. The number of aliphatic hydroxyl groups excluding tert-OH is 5. The fraction of sp³-hybridized carbons (Fsp3) is 0.800. The van der Waals surface area contributed by atoms with Crippen LogP contribution in [0.2, 0.25) is 0 Å². The van der Waals surface area contributed by atoms with E-state index in [1.807, 2.05) is 34.6 Å². The van der Waals surface area contributed by atoms with Crippen LogP contribution in [0.25, 0.3) is 0 Å². The van der Waals surface area contributed by atoms with E-state index in [2.05, 4.69) is 4.74 Å². The predicted molar refractivity (Wildman–Crippen MR) is 298 cm³/mol. The molecule has 6 fully saturated rings. The van der Waals surface area contributed by atoms with Crippen LogP contribution < -0.4 is 5.73 Å². The van der Waals surface area contributed by atoms with Crippen molar-refractivity contribution >= 4 is 77.6 Å². The standard InChI is InChI=1S/C14H23NO4.C13H21NO5.C9H17NO2.C8H15NO3.C7H14N2O3.C4H4O3.ClH/c1-4-11-8-15(13(17)5-2)9-12(11)19-14(18)7-6-10(3)16;1-3-9-7-14(11(15)4-2)8-10(9)19-13(18)6-5-12(16)17;1-3-7-5-10(6-8(7)11)9(12)4-2;1-2-8(12)9-3-6(5-10)7(11)4-9;8-1-7(12)9-2-5(4-10)6(11)3-9;5-3-1-2-4(6)7-3;/h11-12H,4-9H2,1-3H3;9-10H,3-8H2,1-2H3,(H,16,17);7-8,11H,3-6H2,1-2H3;6-7,10-11H,2-5H2,1H3;5-6,10-11H,1-4,8H2;1-2H2;1H/t11-,12+;9-,10+;7-,8+;6-,7-;5-,6-;;/m11100../s1. The molecule has 6 saturated heterocycles. The summed E-state index contributed by atoms with van der Waals surface area (Å²) in [4.78, 5) is 129. The van der Waals surface area contributed by atoms with Crippen LogP contribution in [-0.4, -0.2) is 236 Å². The zero-order valence-electron chi connectivity index (χ0n) is 49.3. The number of nitrogens with two attached hydrogens (primary N) is 1. The molecule has 0 aromatic rings. The molecular weight excluding hydrogens is 1100 g/mol. The zero-order chi connectivity index (χ0) is 61.5. The molecule has 26 nitrogen and oxygen atoms in total. The summed E-state index contributed by atoms with van der Waals surface area (Å²) in [6.07, 6.45) is 3.12. The molecule has 0 unspecified atom stereocenters. The highest BCUT2D eigenvalue weighted by molar-refractivity contribution is 5.92. The summed E-state index contributed by atoms with van der Waals surface area (Å²) in [6, 6.07) is 0. The van der Waals surface area contributed by atoms with Crippen LogP contribution in [0.15, 0.2) is 0 Å². The molecule has 6 aliphatic rings. The number of amides is 5. The first-order valence-corrected chi connectivity index (χ1v) is 28.5. The van der Waals surface area contributed by atoms with Gasteiger partial charge in [0.2, 0.25) is 29.5 Å². The number of aliphatic hydroxyl groups is 5. The Balaban J connectivity index is 0.000000981. The molecule has 27 heteroatoms. The monoisotopic (exact) mass is 1190 g/mol. The highest BCUT2D eigenvalue weighted by Crippen LogP contribution is 2.26. The number of halogens is 1. The highest BCUT2D eigenvalue weighted by atomic mass is 35.5. The van der Waals surface area contributed by atoms with Gasteiger partial charge in [0.25, 0.3) is 0 Å². The van der Waals surface area contributed by atoms with Crippen molar-refractivity contribution < 1.29 is 97.6 Å². The predicted octanol–water partition coefficient (Wildman–Crippen LogP) is 0.449. The van der Waals surface area contributed by atoms with Crippen LogP contribution in [0, 0.1) is 29.6 Å². The van der Waals surface area contributed by atoms with Crippen molar-refractivity contribution in [1.82, 2.24) is 24.5 Å². The smallest absolute Gasteiger partial charge is 0.314 e. The molecule has 0 saturated carbocycles. The van der Waals surface area contributed by atoms with Crippen molar-refractivity contribution in [3.63, 3.8) is 0 Å². The lowest BCUT2D eigenvalue weighted by molar-refractivity contribution is -0.153. The SMILES string of the molecule is CCC(=O)N1C[C@@H](CC)[C@@H](O)C1.CCC(=O)N1C[C@@H](CC)[C@@H](OC(=O)CCC(=O)O)C1.CCC(=O)N1C[C@@H](CC)[C@@H](OC(=O)CCC(C)=O)C1.CCC(=O)N1C[C@@H](CO)[C@@H](O)C1.Cl.NCC(=O)N1C[C@@H](CO)[C@@H](O)C1.O=C1CCC(=O)O1. The maximum atomic E-state index is 11.7. The van der Waals surface area contributed by atoms with Crippen molar-refractivity contribution in [2.75, 3.05) is 85.2 Å². The van der Waals surface area contributed by atoms with Crippen molar-refractivity contribution in [3.05, 3.63) is 0 Å². The molecule has 6 rings (SSSR count). The number of cyclic esters (lactones) is 2. The van der Waals surface area contributed by atoms with Crippen molar-refractivity contribution in [2.24, 2.45) is 35.3 Å². The fourth-order valence-electron chi connectivity index (χ4n) is 9.47. The number of carbonyl (C=O) groups excluding carboxylic acids is 10. The van der Waals surface area contributed by atoms with Crippen LogP contribution >= 0.6 is 12.4 Å². The van der Waals surface area contributed by atoms with Gasteiger partial charge in [0, 0.05) is 114 Å². The second-order valence-corrected chi connectivity index (χ2v) is 20.7. The van der Waals surface area contributed by atoms with Crippen LogP contribution in [-0.2, 0) is 67.0 Å². The summed E-state index contributed by atoms with van der Waals surface area (Å²) < 4.78 is 14.8. The van der Waals surface area contributed by atoms with Gasteiger partial charge >= 0.3 is 29.8 Å². The average Bonchev–Trinajstić information content (AvgIpc) is 4.37. The second kappa shape index (κ2) is 40.8. The van der Waals surface area contributed by atoms with E-state index in [1.54, 1.807) is 33.4 Å². The molecule has 0 bridgehead atoms. The minimum atomic E-state index is -1.02. The number of rotatable bonds is 18. The first-order chi connectivity index (χ1) is 38.3. The Kier molecular flexibility index (Phi) is 38.1. The van der Waals surface area contributed by atoms with E-state index in [0.717, 1.165) is 25.8 Å². The molecule has 0 aromatic carbocycles. The van der Waals surface area contributed by atoms with E-state index in [0.29, 0.717) is 90.5 Å². The largest absolute Gasteiger partial charge is 0.481 e. The number of ether oxygens (including phenoxy) is 3. The van der Waals surface area contributed by atoms with Gasteiger partial charge in [-0.2, -0.15) is 0 Å². The van der Waals surface area contributed by atoms with E-state index in [4.69, 9.17) is 30.5 Å². The number of aliphatic carboxylic acids is 1. The molecular formula is C55H95ClN6O20. The highest BCUT2D eigenvalue weighted by Gasteiger charge is 2.38. The van der Waals surface area contributed by atoms with Gasteiger partial charge < -0.3 is 79.9 Å². The van der Waals surface area contributed by atoms with Crippen LogP contribution in [0.1, 0.15) is 139 Å². The summed E-state index contributed by atoms with van der Waals surface area (Å²) in [5.41, 5.74) is 5.15. The number of nitrogens with zero attached hydrogens (tertiary/aromatic N) is 5. The van der Waals surface area contributed by atoms with Gasteiger partial charge in [0.05, 0.1) is 83.3 Å². The topological polar surface area (TPSA) is 379 Å².